The molecule has 0 saturated carbocycles. The van der Waals surface area contributed by atoms with Crippen molar-refractivity contribution >= 4 is 11.6 Å². The molecule has 2 heterocycles. The summed E-state index contributed by atoms with van der Waals surface area (Å²) >= 11 is 0. The smallest absolute Gasteiger partial charge is 0.259 e. The molecule has 1 N–H and O–H groups in total. The molecule has 0 saturated heterocycles. The van der Waals surface area contributed by atoms with Crippen LogP contribution >= 0.6 is 0 Å². The minimum Gasteiger partial charge on any atom is -0.494 e. The summed E-state index contributed by atoms with van der Waals surface area (Å²) in [7, 11) is 1.55. The lowest BCUT2D eigenvalue weighted by molar-refractivity contribution is 0.102. The molecule has 0 aliphatic carbocycles. The van der Waals surface area contributed by atoms with E-state index in [0.29, 0.717) is 34.2 Å². The summed E-state index contributed by atoms with van der Waals surface area (Å²) < 4.78 is 12.1. The van der Waals surface area contributed by atoms with E-state index in [4.69, 9.17) is 9.15 Å². The van der Waals surface area contributed by atoms with Crippen LogP contribution in [0.15, 0.2) is 35.0 Å². The number of methoxy groups -OCH3 is 1. The number of nitrogens with zero attached hydrogens (tertiary/aromatic N) is 4. The van der Waals surface area contributed by atoms with Gasteiger partial charge >= 0.3 is 0 Å². The molecule has 8 heteroatoms. The van der Waals surface area contributed by atoms with Crippen molar-refractivity contribution in [2.45, 2.75) is 13.8 Å². The highest BCUT2D eigenvalue weighted by atomic mass is 16.5. The number of ether oxygens (including phenoxy) is 1. The van der Waals surface area contributed by atoms with Gasteiger partial charge in [-0.15, -0.1) is 5.10 Å². The largest absolute Gasteiger partial charge is 0.494 e. The Kier molecular flexibility index (Phi) is 3.80. The van der Waals surface area contributed by atoms with Gasteiger partial charge in [-0.25, -0.2) is 0 Å². The summed E-state index contributed by atoms with van der Waals surface area (Å²) in [6.45, 7) is 3.55. The number of furan rings is 1. The minimum atomic E-state index is -0.243. The van der Waals surface area contributed by atoms with Crippen LogP contribution in [0.5, 0.6) is 5.75 Å². The predicted octanol–water partition coefficient (Wildman–Crippen LogP) is 2.13. The van der Waals surface area contributed by atoms with Crippen LogP contribution in [0.4, 0.5) is 5.69 Å². The average molecular weight is 313 g/mol. The third-order valence-corrected chi connectivity index (χ3v) is 3.32. The highest BCUT2D eigenvalue weighted by Gasteiger charge is 2.15. The molecule has 3 aromatic rings. The molecule has 1 amide bonds. The summed E-state index contributed by atoms with van der Waals surface area (Å²) in [6, 6.07) is 6.92. The molecule has 0 aliphatic rings. The molecule has 0 radical (unpaired) electrons. The number of nitrogens with one attached hydrogen (secondary N) is 1. The zero-order chi connectivity index (χ0) is 16.4. The third kappa shape index (κ3) is 2.91. The number of aryl methyl sites for hydroxylation is 2. The molecule has 8 nitrogen and oxygen atoms in total. The van der Waals surface area contributed by atoms with Crippen LogP contribution in [0.25, 0.3) is 5.69 Å². The van der Waals surface area contributed by atoms with Gasteiger partial charge in [0.1, 0.15) is 29.3 Å². The highest BCUT2D eigenvalue weighted by molar-refractivity contribution is 6.05. The molecule has 0 unspecified atom stereocenters. The fourth-order valence-electron chi connectivity index (χ4n) is 2.27. The van der Waals surface area contributed by atoms with E-state index in [1.165, 1.54) is 11.0 Å². The molecule has 0 aliphatic heterocycles. The number of rotatable bonds is 4. The van der Waals surface area contributed by atoms with Crippen molar-refractivity contribution < 1.29 is 13.9 Å². The summed E-state index contributed by atoms with van der Waals surface area (Å²) in [6.07, 6.45) is 1.45. The summed E-state index contributed by atoms with van der Waals surface area (Å²) in [4.78, 5) is 12.4. The Morgan fingerprint density at radius 1 is 1.30 bits per heavy atom. The number of carbonyl (C=O) groups excluding carboxylic acids is 1. The number of amides is 1. The molecule has 3 rings (SSSR count). The van der Waals surface area contributed by atoms with E-state index >= 15 is 0 Å². The molecule has 2 aromatic heterocycles. The van der Waals surface area contributed by atoms with E-state index in [1.54, 1.807) is 45.2 Å². The van der Waals surface area contributed by atoms with E-state index in [1.807, 2.05) is 0 Å². The molecule has 0 atom stereocenters. The Morgan fingerprint density at radius 2 is 2.13 bits per heavy atom. The number of carbonyl (C=O) groups is 1. The van der Waals surface area contributed by atoms with Gasteiger partial charge in [-0.2, -0.15) is 4.68 Å². The molecule has 0 spiro atoms. The first-order valence-electron chi connectivity index (χ1n) is 6.88. The second-order valence-corrected chi connectivity index (χ2v) is 4.92. The maximum atomic E-state index is 12.4. The van der Waals surface area contributed by atoms with Crippen molar-refractivity contribution in [3.05, 3.63) is 47.7 Å². The summed E-state index contributed by atoms with van der Waals surface area (Å²) in [5.41, 5.74) is 1.72. The fraction of sp³-hybridized carbons (Fsp3) is 0.200. The van der Waals surface area contributed by atoms with Crippen LogP contribution in [0.2, 0.25) is 0 Å². The lowest BCUT2D eigenvalue weighted by Gasteiger charge is -2.10. The molecule has 0 fully saturated rings. The zero-order valence-electron chi connectivity index (χ0n) is 12.9. The van der Waals surface area contributed by atoms with Crippen LogP contribution in [0.3, 0.4) is 0 Å². The van der Waals surface area contributed by atoms with Gasteiger partial charge in [-0.1, -0.05) is 0 Å². The number of hydrogen-bond acceptors (Lipinski definition) is 6. The Hall–Kier alpha value is -3.16. The predicted molar refractivity (Wildman–Crippen MR) is 81.8 cm³/mol. The van der Waals surface area contributed by atoms with Crippen molar-refractivity contribution in [3.63, 3.8) is 0 Å². The minimum absolute atomic E-state index is 0.243. The lowest BCUT2D eigenvalue weighted by atomic mass is 10.2. The van der Waals surface area contributed by atoms with Crippen molar-refractivity contribution in [3.8, 4) is 11.4 Å². The van der Waals surface area contributed by atoms with Crippen molar-refractivity contribution in [2.75, 3.05) is 12.4 Å². The molecular formula is C15H15N5O3. The zero-order valence-corrected chi connectivity index (χ0v) is 12.9. The van der Waals surface area contributed by atoms with Crippen molar-refractivity contribution in [1.29, 1.82) is 0 Å². The van der Waals surface area contributed by atoms with Crippen LogP contribution < -0.4 is 10.1 Å². The van der Waals surface area contributed by atoms with E-state index < -0.39 is 0 Å². The van der Waals surface area contributed by atoms with Gasteiger partial charge in [0.15, 0.2) is 0 Å². The van der Waals surface area contributed by atoms with Gasteiger partial charge in [-0.05, 0) is 48.5 Å². The van der Waals surface area contributed by atoms with Gasteiger partial charge in [0.05, 0.1) is 12.7 Å². The molecule has 1 aromatic carbocycles. The van der Waals surface area contributed by atoms with Crippen LogP contribution in [0, 0.1) is 13.8 Å². The second kappa shape index (κ2) is 5.91. The van der Waals surface area contributed by atoms with E-state index in [-0.39, 0.29) is 5.91 Å². The first kappa shape index (κ1) is 14.8. The Bertz CT molecular complexity index is 839. The van der Waals surface area contributed by atoms with Gasteiger partial charge in [0.2, 0.25) is 0 Å². The quantitative estimate of drug-likeness (QED) is 0.793. The summed E-state index contributed by atoms with van der Waals surface area (Å²) in [5.74, 6) is 1.61. The monoisotopic (exact) mass is 313 g/mol. The van der Waals surface area contributed by atoms with Gasteiger partial charge in [0.25, 0.3) is 5.91 Å². The Balaban J connectivity index is 1.90. The average Bonchev–Trinajstić information content (AvgIpc) is 3.16. The van der Waals surface area contributed by atoms with Crippen molar-refractivity contribution in [2.24, 2.45) is 0 Å². The van der Waals surface area contributed by atoms with Crippen molar-refractivity contribution in [1.82, 2.24) is 20.2 Å². The standard InChI is InChI=1S/C15H15N5O3/c1-9-6-12(10(2)23-9)15(21)17-11-4-5-14(22-3)13(7-11)20-8-16-18-19-20/h4-8H,1-3H3,(H,17,21). The number of aromatic nitrogens is 4. The number of hydrogen-bond donors (Lipinski definition) is 1. The SMILES string of the molecule is COc1ccc(NC(=O)c2cc(C)oc2C)cc1-n1cnnn1. The molecule has 23 heavy (non-hydrogen) atoms. The Morgan fingerprint density at radius 3 is 2.74 bits per heavy atom. The van der Waals surface area contributed by atoms with Crippen LogP contribution in [-0.2, 0) is 0 Å². The van der Waals surface area contributed by atoms with Gasteiger partial charge in [0, 0.05) is 5.69 Å². The van der Waals surface area contributed by atoms with Crippen LogP contribution in [-0.4, -0.2) is 33.2 Å². The number of benzene rings is 1. The third-order valence-electron chi connectivity index (χ3n) is 3.32. The normalized spacial score (nSPS) is 10.6. The molecular weight excluding hydrogens is 298 g/mol. The highest BCUT2D eigenvalue weighted by Crippen LogP contribution is 2.26. The topological polar surface area (TPSA) is 95.1 Å². The lowest BCUT2D eigenvalue weighted by Crippen LogP contribution is -2.12. The van der Waals surface area contributed by atoms with Crippen LogP contribution in [0.1, 0.15) is 21.9 Å². The maximum Gasteiger partial charge on any atom is 0.259 e. The number of tetrazole rings is 1. The van der Waals surface area contributed by atoms with Gasteiger partial charge < -0.3 is 14.5 Å². The summed E-state index contributed by atoms with van der Waals surface area (Å²) in [5, 5.41) is 13.9. The fourth-order valence-corrected chi connectivity index (χ4v) is 2.27. The van der Waals surface area contributed by atoms with Gasteiger partial charge in [-0.3, -0.25) is 4.79 Å². The molecule has 0 bridgehead atoms. The molecule has 118 valence electrons. The van der Waals surface area contributed by atoms with E-state index in [9.17, 15) is 4.79 Å². The second-order valence-electron chi connectivity index (χ2n) is 4.92. The first-order valence-corrected chi connectivity index (χ1v) is 6.88. The van der Waals surface area contributed by atoms with E-state index in [2.05, 4.69) is 20.8 Å². The maximum absolute atomic E-state index is 12.4. The van der Waals surface area contributed by atoms with E-state index in [0.717, 1.165) is 0 Å². The number of anilines is 1. The first-order chi connectivity index (χ1) is 11.1. The Labute approximate surface area is 132 Å².